The molecule has 0 bridgehead atoms. The molecule has 0 amide bonds. The van der Waals surface area contributed by atoms with Gasteiger partial charge >= 0.3 is 11.9 Å². The lowest BCUT2D eigenvalue weighted by Gasteiger charge is -2.46. The number of ether oxygens (including phenoxy) is 2. The summed E-state index contributed by atoms with van der Waals surface area (Å²) in [6, 6.07) is 15.0. The van der Waals surface area contributed by atoms with Crippen LogP contribution in [0.1, 0.15) is 19.4 Å². The van der Waals surface area contributed by atoms with E-state index in [4.69, 9.17) is 21.1 Å². The Balaban J connectivity index is 0.000000347. The number of fused-ring (bicyclic) bond motifs is 1. The fourth-order valence-corrected chi connectivity index (χ4v) is 5.29. The van der Waals surface area contributed by atoms with Gasteiger partial charge in [-0.1, -0.05) is 48.0 Å². The molecule has 2 N–H and O–H groups in total. The third kappa shape index (κ3) is 4.90. The Morgan fingerprint density at radius 3 is 2.37 bits per heavy atom. The molecule has 3 atom stereocenters. The van der Waals surface area contributed by atoms with E-state index in [-0.39, 0.29) is 0 Å². The molecule has 0 saturated heterocycles. The number of benzene rings is 2. The summed E-state index contributed by atoms with van der Waals surface area (Å²) >= 11 is 7.03. The number of methoxy groups -OCH3 is 2. The minimum atomic E-state index is -0.815. The van der Waals surface area contributed by atoms with E-state index in [1.165, 1.54) is 36.7 Å². The number of thiazole rings is 1. The summed E-state index contributed by atoms with van der Waals surface area (Å²) in [5.74, 6) is -1.70. The lowest BCUT2D eigenvalue weighted by Crippen LogP contribution is -2.60. The highest BCUT2D eigenvalue weighted by Gasteiger charge is 2.52. The van der Waals surface area contributed by atoms with Crippen molar-refractivity contribution >= 4 is 40.0 Å². The minimum Gasteiger partial charge on any atom is -0.469 e. The first kappa shape index (κ1) is 24.8. The van der Waals surface area contributed by atoms with Crippen molar-refractivity contribution in [1.29, 1.82) is 0 Å². The number of halogens is 1. The molecule has 0 radical (unpaired) electrons. The van der Waals surface area contributed by atoms with Crippen LogP contribution in [0.2, 0.25) is 5.02 Å². The van der Waals surface area contributed by atoms with Crippen LogP contribution in [0.5, 0.6) is 0 Å². The molecule has 0 saturated carbocycles. The van der Waals surface area contributed by atoms with Crippen molar-refractivity contribution in [3.63, 3.8) is 0 Å². The average Bonchev–Trinajstić information content (AvgIpc) is 3.30. The number of allylic oxidation sites excluding steroid dienone is 1. The molecule has 1 aliphatic heterocycles. The molecule has 0 spiro atoms. The maximum atomic E-state index is 13.0. The lowest BCUT2D eigenvalue weighted by molar-refractivity contribution is -0.149. The van der Waals surface area contributed by atoms with E-state index in [2.05, 4.69) is 21.7 Å². The van der Waals surface area contributed by atoms with Gasteiger partial charge in [-0.05, 0) is 37.1 Å². The van der Waals surface area contributed by atoms with Crippen molar-refractivity contribution in [3.8, 4) is 11.1 Å². The number of anilines is 1. The molecule has 9 heteroatoms. The number of nitrogens with zero attached hydrogens (tertiary/aromatic N) is 1. The molecule has 7 nitrogen and oxygen atoms in total. The van der Waals surface area contributed by atoms with E-state index in [1.807, 2.05) is 54.8 Å². The Hall–Kier alpha value is -3.36. The van der Waals surface area contributed by atoms with E-state index in [0.717, 1.165) is 10.6 Å². The molecule has 0 fully saturated rings. The molecule has 35 heavy (non-hydrogen) atoms. The van der Waals surface area contributed by atoms with E-state index in [1.54, 1.807) is 13.1 Å². The first-order chi connectivity index (χ1) is 16.8. The Morgan fingerprint density at radius 1 is 1.14 bits per heavy atom. The summed E-state index contributed by atoms with van der Waals surface area (Å²) in [6.45, 7) is 3.73. The van der Waals surface area contributed by atoms with Gasteiger partial charge in [0.05, 0.1) is 31.4 Å². The SMILES string of the molecule is COC(=O)C1=C(C)NC(C)(c2ccccc2)C(C(=O)OC)C1Nc1nccs1.Clc1ccc2cc1-2. The highest BCUT2D eigenvalue weighted by molar-refractivity contribution is 7.13. The van der Waals surface area contributed by atoms with Gasteiger partial charge in [-0.3, -0.25) is 4.79 Å². The second-order valence-corrected chi connectivity index (χ2v) is 9.68. The fourth-order valence-electron chi connectivity index (χ4n) is 4.49. The van der Waals surface area contributed by atoms with E-state index < -0.39 is 29.4 Å². The van der Waals surface area contributed by atoms with E-state index in [9.17, 15) is 9.59 Å². The zero-order chi connectivity index (χ0) is 25.2. The predicted molar refractivity (Wildman–Crippen MR) is 137 cm³/mol. The Labute approximate surface area is 213 Å². The van der Waals surface area contributed by atoms with Gasteiger partial charge in [0.2, 0.25) is 0 Å². The van der Waals surface area contributed by atoms with E-state index >= 15 is 0 Å². The Kier molecular flexibility index (Phi) is 7.14. The van der Waals surface area contributed by atoms with Crippen LogP contribution in [-0.4, -0.2) is 37.2 Å². The van der Waals surface area contributed by atoms with Crippen LogP contribution in [0.3, 0.4) is 0 Å². The third-order valence-corrected chi connectivity index (χ3v) is 7.29. The molecule has 182 valence electrons. The second-order valence-electron chi connectivity index (χ2n) is 8.38. The number of aromatic nitrogens is 1. The van der Waals surface area contributed by atoms with Crippen molar-refractivity contribution in [2.45, 2.75) is 25.4 Å². The zero-order valence-corrected chi connectivity index (χ0v) is 21.4. The Morgan fingerprint density at radius 2 is 1.89 bits per heavy atom. The van der Waals surface area contributed by atoms with Gasteiger partial charge in [-0.2, -0.15) is 0 Å². The number of carbonyl (C=O) groups is 2. The highest BCUT2D eigenvalue weighted by atomic mass is 35.5. The van der Waals surface area contributed by atoms with Crippen LogP contribution in [0, 0.1) is 5.92 Å². The van der Waals surface area contributed by atoms with Gasteiger partial charge in [0.15, 0.2) is 5.13 Å². The van der Waals surface area contributed by atoms with Gasteiger partial charge in [-0.25, -0.2) is 9.78 Å². The van der Waals surface area contributed by atoms with Gasteiger partial charge in [0, 0.05) is 27.9 Å². The summed E-state index contributed by atoms with van der Waals surface area (Å²) < 4.78 is 10.1. The van der Waals surface area contributed by atoms with Gasteiger partial charge < -0.3 is 20.1 Å². The van der Waals surface area contributed by atoms with Crippen molar-refractivity contribution in [3.05, 3.63) is 82.0 Å². The summed E-state index contributed by atoms with van der Waals surface area (Å²) in [4.78, 5) is 29.8. The number of hydrogen-bond donors (Lipinski definition) is 2. The van der Waals surface area contributed by atoms with Crippen LogP contribution in [0.4, 0.5) is 5.13 Å². The fraction of sp³-hybridized carbons (Fsp3) is 0.269. The molecular formula is C26H26ClN3O4S. The molecule has 3 aliphatic rings. The van der Waals surface area contributed by atoms with Crippen molar-refractivity contribution in [2.75, 3.05) is 19.5 Å². The van der Waals surface area contributed by atoms with Gasteiger partial charge in [-0.15, -0.1) is 11.3 Å². The average molecular weight is 512 g/mol. The largest absolute Gasteiger partial charge is 0.469 e. The molecular weight excluding hydrogens is 486 g/mol. The number of nitrogens with one attached hydrogen (secondary N) is 2. The lowest BCUT2D eigenvalue weighted by atomic mass is 9.70. The number of hydrogen-bond acceptors (Lipinski definition) is 8. The standard InChI is InChI=1S/C20H23N3O4S.C6H3Cl/c1-12-14(17(24)26-3)16(22-19-21-10-11-28-19)15(18(25)27-4)20(2,23-12)13-8-6-5-7-9-13;7-6-2-1-4-3-5(4)6/h5-11,15-16,23H,1-4H3,(H,21,22);1-3H. The van der Waals surface area contributed by atoms with Crippen LogP contribution < -0.4 is 10.6 Å². The molecule has 2 aromatic rings. The summed E-state index contributed by atoms with van der Waals surface area (Å²) in [7, 11) is 2.67. The smallest absolute Gasteiger partial charge is 0.337 e. The number of rotatable bonds is 5. The molecule has 5 rings (SSSR count). The van der Waals surface area contributed by atoms with Gasteiger partial charge in [0.25, 0.3) is 0 Å². The van der Waals surface area contributed by atoms with Gasteiger partial charge in [0.1, 0.15) is 5.92 Å². The zero-order valence-electron chi connectivity index (χ0n) is 19.8. The van der Waals surface area contributed by atoms with Crippen molar-refractivity contribution < 1.29 is 19.1 Å². The molecule has 2 heterocycles. The first-order valence-corrected chi connectivity index (χ1v) is 12.2. The van der Waals surface area contributed by atoms with Crippen molar-refractivity contribution in [1.82, 2.24) is 10.3 Å². The van der Waals surface area contributed by atoms with Crippen molar-refractivity contribution in [2.24, 2.45) is 5.92 Å². The molecule has 1 aromatic heterocycles. The monoisotopic (exact) mass is 511 g/mol. The minimum absolute atomic E-state index is 0.349. The first-order valence-electron chi connectivity index (χ1n) is 11.0. The molecule has 1 aromatic carbocycles. The van der Waals surface area contributed by atoms with Crippen LogP contribution in [-0.2, 0) is 24.6 Å². The van der Waals surface area contributed by atoms with Crippen LogP contribution >= 0.6 is 22.9 Å². The second kappa shape index (κ2) is 10.1. The quantitative estimate of drug-likeness (QED) is 0.364. The summed E-state index contributed by atoms with van der Waals surface area (Å²) in [5, 5.41) is 9.95. The summed E-state index contributed by atoms with van der Waals surface area (Å²) in [5.41, 5.74) is 3.62. The molecule has 2 aliphatic carbocycles. The van der Waals surface area contributed by atoms with Crippen LogP contribution in [0.15, 0.2) is 71.4 Å². The predicted octanol–water partition coefficient (Wildman–Crippen LogP) is 5.00. The van der Waals surface area contributed by atoms with E-state index in [0.29, 0.717) is 16.4 Å². The highest BCUT2D eigenvalue weighted by Crippen LogP contribution is 2.42. The number of carbonyl (C=O) groups excluding carboxylic acids is 2. The van der Waals surface area contributed by atoms with Crippen LogP contribution in [0.25, 0.3) is 11.1 Å². The Bertz CT molecular complexity index is 1260. The number of esters is 2. The maximum absolute atomic E-state index is 13.0. The molecule has 3 unspecified atom stereocenters. The third-order valence-electron chi connectivity index (χ3n) is 6.26. The normalized spacial score (nSPS) is 21.7. The topological polar surface area (TPSA) is 89.5 Å². The summed E-state index contributed by atoms with van der Waals surface area (Å²) in [6.07, 6.45) is 1.66. The maximum Gasteiger partial charge on any atom is 0.337 e.